The number of H-pyrrole nitrogens is 1. The van der Waals surface area contributed by atoms with Crippen LogP contribution in [0.2, 0.25) is 0 Å². The minimum absolute atomic E-state index is 0.0326. The van der Waals surface area contributed by atoms with E-state index in [0.717, 1.165) is 0 Å². The van der Waals surface area contributed by atoms with Gasteiger partial charge in [0.25, 0.3) is 5.56 Å². The lowest BCUT2D eigenvalue weighted by molar-refractivity contribution is 1.09. The molecule has 0 bridgehead atoms. The van der Waals surface area contributed by atoms with E-state index in [-0.39, 0.29) is 40.7 Å². The Morgan fingerprint density at radius 1 is 0.800 bits per heavy atom. The average Bonchev–Trinajstić information content (AvgIpc) is 2.30. The van der Waals surface area contributed by atoms with Crippen molar-refractivity contribution in [1.29, 1.82) is 0 Å². The fourth-order valence-corrected chi connectivity index (χ4v) is 1.31. The van der Waals surface area contributed by atoms with Crippen molar-refractivity contribution in [3.63, 3.8) is 0 Å². The Balaban J connectivity index is 2.48. The summed E-state index contributed by atoms with van der Waals surface area (Å²) in [5.41, 5.74) is 26.4. The lowest BCUT2D eigenvalue weighted by Gasteiger charge is -2.03. The first-order chi connectivity index (χ1) is 9.38. The molecule has 0 radical (unpaired) electrons. The number of nitrogen functional groups attached to an aromatic ring is 5. The van der Waals surface area contributed by atoms with Crippen LogP contribution in [0.1, 0.15) is 0 Å². The van der Waals surface area contributed by atoms with E-state index in [4.69, 9.17) is 28.7 Å². The summed E-state index contributed by atoms with van der Waals surface area (Å²) in [5.74, 6) is -0.607. The maximum atomic E-state index is 11.6. The van der Waals surface area contributed by atoms with Gasteiger partial charge in [0.2, 0.25) is 11.9 Å². The van der Waals surface area contributed by atoms with E-state index >= 15 is 0 Å². The summed E-state index contributed by atoms with van der Waals surface area (Å²) in [6.07, 6.45) is 0. The highest BCUT2D eigenvalue weighted by Gasteiger charge is 2.10. The fraction of sp³-hybridized carbons (Fsp3) is 0. The second-order valence-corrected chi connectivity index (χ2v) is 3.59. The molecule has 2 aromatic rings. The van der Waals surface area contributed by atoms with Crippen LogP contribution in [-0.4, -0.2) is 19.9 Å². The highest BCUT2D eigenvalue weighted by atomic mass is 16.1. The SMILES string of the molecule is Nc1nc(N)c(N=Nc2c(N)nc(N)[nH]c2=O)c(N)n1. The normalized spacial score (nSPS) is 11.0. The van der Waals surface area contributed by atoms with Gasteiger partial charge in [-0.25, -0.2) is 0 Å². The van der Waals surface area contributed by atoms with Gasteiger partial charge >= 0.3 is 0 Å². The predicted octanol–water partition coefficient (Wildman–Crippen LogP) is -1.11. The molecule has 0 aliphatic carbocycles. The Labute approximate surface area is 111 Å². The molecule has 0 unspecified atom stereocenters. The first kappa shape index (κ1) is 13.0. The molecule has 0 aliphatic rings. The molecule has 2 heterocycles. The molecule has 11 N–H and O–H groups in total. The van der Waals surface area contributed by atoms with Crippen molar-refractivity contribution in [2.45, 2.75) is 0 Å². The van der Waals surface area contributed by atoms with Gasteiger partial charge in [-0.2, -0.15) is 15.0 Å². The summed E-state index contributed by atoms with van der Waals surface area (Å²) in [5, 5.41) is 7.31. The Bertz CT molecular complexity index is 726. The van der Waals surface area contributed by atoms with Crippen molar-refractivity contribution in [3.05, 3.63) is 10.4 Å². The monoisotopic (exact) mass is 277 g/mol. The van der Waals surface area contributed by atoms with E-state index in [1.807, 2.05) is 0 Å². The van der Waals surface area contributed by atoms with Gasteiger partial charge in [0, 0.05) is 0 Å². The zero-order valence-corrected chi connectivity index (χ0v) is 10.0. The summed E-state index contributed by atoms with van der Waals surface area (Å²) >= 11 is 0. The molecule has 12 heteroatoms. The van der Waals surface area contributed by atoms with Gasteiger partial charge in [0.05, 0.1) is 0 Å². The fourth-order valence-electron chi connectivity index (χ4n) is 1.31. The Hall–Kier alpha value is -3.44. The minimum atomic E-state index is -0.660. The molecule has 2 rings (SSSR count). The van der Waals surface area contributed by atoms with Crippen LogP contribution in [0.15, 0.2) is 15.0 Å². The van der Waals surface area contributed by atoms with E-state index in [9.17, 15) is 4.79 Å². The van der Waals surface area contributed by atoms with Crippen molar-refractivity contribution < 1.29 is 0 Å². The highest BCUT2D eigenvalue weighted by molar-refractivity contribution is 5.71. The molecule has 2 aromatic heterocycles. The number of aromatic amines is 1. The Morgan fingerprint density at radius 2 is 1.30 bits per heavy atom. The van der Waals surface area contributed by atoms with Crippen molar-refractivity contribution >= 4 is 40.7 Å². The molecule has 12 nitrogen and oxygen atoms in total. The molecule has 0 spiro atoms. The summed E-state index contributed by atoms with van der Waals surface area (Å²) in [4.78, 5) is 24.8. The van der Waals surface area contributed by atoms with E-state index in [0.29, 0.717) is 0 Å². The molecule has 0 aliphatic heterocycles. The number of hydrogen-bond acceptors (Lipinski definition) is 11. The lowest BCUT2D eigenvalue weighted by atomic mass is 10.4. The number of rotatable bonds is 2. The summed E-state index contributed by atoms with van der Waals surface area (Å²) in [6.45, 7) is 0. The molecule has 0 aromatic carbocycles. The van der Waals surface area contributed by atoms with Crippen LogP contribution in [0, 0.1) is 0 Å². The van der Waals surface area contributed by atoms with Gasteiger partial charge in [-0.1, -0.05) is 0 Å². The maximum absolute atomic E-state index is 11.6. The molecule has 104 valence electrons. The molecular weight excluding hydrogens is 266 g/mol. The minimum Gasteiger partial charge on any atom is -0.382 e. The van der Waals surface area contributed by atoms with Gasteiger partial charge in [-0.05, 0) is 0 Å². The number of aromatic nitrogens is 4. The van der Waals surface area contributed by atoms with Crippen molar-refractivity contribution in [1.82, 2.24) is 19.9 Å². The second kappa shape index (κ2) is 4.68. The van der Waals surface area contributed by atoms with E-state index < -0.39 is 5.56 Å². The summed E-state index contributed by atoms with van der Waals surface area (Å²) < 4.78 is 0. The zero-order chi connectivity index (χ0) is 14.9. The third-order valence-corrected chi connectivity index (χ3v) is 2.15. The topological polar surface area (TPSA) is 226 Å². The van der Waals surface area contributed by atoms with Gasteiger partial charge in [-0.3, -0.25) is 9.78 Å². The molecule has 0 fully saturated rings. The summed E-state index contributed by atoms with van der Waals surface area (Å²) in [7, 11) is 0. The highest BCUT2D eigenvalue weighted by Crippen LogP contribution is 2.28. The first-order valence-corrected chi connectivity index (χ1v) is 5.14. The van der Waals surface area contributed by atoms with E-state index in [1.165, 1.54) is 0 Å². The molecule has 0 atom stereocenters. The van der Waals surface area contributed by atoms with Crippen LogP contribution in [0.3, 0.4) is 0 Å². The predicted molar refractivity (Wildman–Crippen MR) is 73.1 cm³/mol. The second-order valence-electron chi connectivity index (χ2n) is 3.59. The van der Waals surface area contributed by atoms with Crippen LogP contribution in [-0.2, 0) is 0 Å². The average molecular weight is 277 g/mol. The molecule has 0 saturated heterocycles. The van der Waals surface area contributed by atoms with Crippen molar-refractivity contribution in [3.8, 4) is 0 Å². The Kier molecular flexibility index (Phi) is 3.04. The molecular formula is C8H11N11O. The third kappa shape index (κ3) is 2.38. The quantitative estimate of drug-likeness (QED) is 0.365. The van der Waals surface area contributed by atoms with Gasteiger partial charge in [0.15, 0.2) is 28.8 Å². The van der Waals surface area contributed by atoms with Crippen LogP contribution in [0.5, 0.6) is 0 Å². The van der Waals surface area contributed by atoms with Crippen LogP contribution >= 0.6 is 0 Å². The van der Waals surface area contributed by atoms with E-state index in [2.05, 4.69) is 30.2 Å². The number of nitrogens with one attached hydrogen (secondary N) is 1. The first-order valence-electron chi connectivity index (χ1n) is 5.14. The standard InChI is InChI=1S/C8H11N11O/c9-3-1(4(10)15-7(12)14-3)18-19-2-5(11)16-8(13)17-6(2)20/h(H6,9,10,12,14,15)(H5,11,13,16,17,20). The van der Waals surface area contributed by atoms with E-state index in [1.54, 1.807) is 0 Å². The van der Waals surface area contributed by atoms with Crippen molar-refractivity contribution in [2.75, 3.05) is 28.7 Å². The number of hydrogen-bond donors (Lipinski definition) is 6. The third-order valence-electron chi connectivity index (χ3n) is 2.15. The van der Waals surface area contributed by atoms with Crippen LogP contribution < -0.4 is 34.2 Å². The number of anilines is 5. The molecule has 0 amide bonds. The number of azo groups is 1. The summed E-state index contributed by atoms with van der Waals surface area (Å²) in [6, 6.07) is 0. The van der Waals surface area contributed by atoms with Crippen LogP contribution in [0.25, 0.3) is 0 Å². The lowest BCUT2D eigenvalue weighted by Crippen LogP contribution is -2.13. The van der Waals surface area contributed by atoms with Gasteiger partial charge < -0.3 is 28.7 Å². The molecule has 20 heavy (non-hydrogen) atoms. The van der Waals surface area contributed by atoms with Gasteiger partial charge in [0.1, 0.15) is 0 Å². The smallest absolute Gasteiger partial charge is 0.282 e. The Morgan fingerprint density at radius 3 is 1.85 bits per heavy atom. The van der Waals surface area contributed by atoms with Crippen LogP contribution in [0.4, 0.5) is 40.7 Å². The van der Waals surface area contributed by atoms with Gasteiger partial charge in [-0.15, -0.1) is 10.2 Å². The number of nitrogens with two attached hydrogens (primary N) is 5. The maximum Gasteiger partial charge on any atom is 0.282 e. The van der Waals surface area contributed by atoms with Crippen molar-refractivity contribution in [2.24, 2.45) is 10.2 Å². The number of nitrogens with zero attached hydrogens (tertiary/aromatic N) is 5. The largest absolute Gasteiger partial charge is 0.382 e. The zero-order valence-electron chi connectivity index (χ0n) is 10.0. The molecule has 0 saturated carbocycles.